The van der Waals surface area contributed by atoms with Gasteiger partial charge in [0, 0.05) is 29.2 Å². The van der Waals surface area contributed by atoms with E-state index in [1.807, 2.05) is 12.1 Å². The van der Waals surface area contributed by atoms with Crippen molar-refractivity contribution in [3.8, 4) is 5.75 Å². The zero-order chi connectivity index (χ0) is 16.7. The molecule has 1 N–H and O–H groups in total. The van der Waals surface area contributed by atoms with E-state index in [1.54, 1.807) is 31.4 Å². The number of thioether (sulfide) groups is 1. The van der Waals surface area contributed by atoms with Gasteiger partial charge in [-0.05, 0) is 24.3 Å². The third kappa shape index (κ3) is 5.00. The Bertz CT molecular complexity index is 689. The highest BCUT2D eigenvalue weighted by Crippen LogP contribution is 2.24. The zero-order valence-corrected chi connectivity index (χ0v) is 13.3. The molecule has 23 heavy (non-hydrogen) atoms. The molecule has 0 fully saturated rings. The SMILES string of the molecule is COc1ccccc1NC(=O)CCSc1ccc([N+](=O)[O-])cc1. The monoisotopic (exact) mass is 332 g/mol. The second-order valence-electron chi connectivity index (χ2n) is 4.60. The second kappa shape index (κ2) is 8.19. The number of rotatable bonds is 7. The molecular formula is C16H16N2O4S. The molecule has 6 nitrogen and oxygen atoms in total. The van der Waals surface area contributed by atoms with Crippen molar-refractivity contribution in [2.45, 2.75) is 11.3 Å². The predicted octanol–water partition coefficient (Wildman–Crippen LogP) is 3.72. The molecule has 7 heteroatoms. The maximum atomic E-state index is 11.9. The van der Waals surface area contributed by atoms with E-state index in [1.165, 1.54) is 23.9 Å². The number of amides is 1. The molecular weight excluding hydrogens is 316 g/mol. The molecule has 1 amide bonds. The third-order valence-electron chi connectivity index (χ3n) is 3.03. The van der Waals surface area contributed by atoms with E-state index in [4.69, 9.17) is 4.74 Å². The summed E-state index contributed by atoms with van der Waals surface area (Å²) in [7, 11) is 1.55. The van der Waals surface area contributed by atoms with Crippen LogP contribution in [0.5, 0.6) is 5.75 Å². The molecule has 2 rings (SSSR count). The number of carbonyl (C=O) groups is 1. The Morgan fingerprint density at radius 3 is 2.57 bits per heavy atom. The summed E-state index contributed by atoms with van der Waals surface area (Å²) in [5, 5.41) is 13.4. The van der Waals surface area contributed by atoms with Gasteiger partial charge in [-0.3, -0.25) is 14.9 Å². The van der Waals surface area contributed by atoms with E-state index in [-0.39, 0.29) is 11.6 Å². The topological polar surface area (TPSA) is 81.5 Å². The average molecular weight is 332 g/mol. The van der Waals surface area contributed by atoms with Crippen LogP contribution in [0, 0.1) is 10.1 Å². The van der Waals surface area contributed by atoms with Gasteiger partial charge >= 0.3 is 0 Å². The smallest absolute Gasteiger partial charge is 0.269 e. The first-order chi connectivity index (χ1) is 11.1. The number of benzene rings is 2. The lowest BCUT2D eigenvalue weighted by molar-refractivity contribution is -0.384. The summed E-state index contributed by atoms with van der Waals surface area (Å²) in [5.74, 6) is 1.09. The highest BCUT2D eigenvalue weighted by molar-refractivity contribution is 7.99. The molecule has 120 valence electrons. The van der Waals surface area contributed by atoms with Crippen LogP contribution in [0.2, 0.25) is 0 Å². The minimum absolute atomic E-state index is 0.0586. The minimum atomic E-state index is -0.435. The predicted molar refractivity (Wildman–Crippen MR) is 90.1 cm³/mol. The lowest BCUT2D eigenvalue weighted by Crippen LogP contribution is -2.12. The number of hydrogen-bond acceptors (Lipinski definition) is 5. The Hall–Kier alpha value is -2.54. The molecule has 0 bridgehead atoms. The molecule has 0 atom stereocenters. The summed E-state index contributed by atoms with van der Waals surface area (Å²) in [6, 6.07) is 13.5. The first-order valence-electron chi connectivity index (χ1n) is 6.90. The first-order valence-corrected chi connectivity index (χ1v) is 7.89. The summed E-state index contributed by atoms with van der Waals surface area (Å²) >= 11 is 1.48. The summed E-state index contributed by atoms with van der Waals surface area (Å²) in [6.45, 7) is 0. The number of para-hydroxylation sites is 2. The number of nitro benzene ring substituents is 1. The number of nitrogens with zero attached hydrogens (tertiary/aromatic N) is 1. The van der Waals surface area contributed by atoms with Crippen molar-refractivity contribution in [2.75, 3.05) is 18.2 Å². The van der Waals surface area contributed by atoms with Crippen molar-refractivity contribution in [2.24, 2.45) is 0 Å². The number of nitro groups is 1. The Balaban J connectivity index is 1.81. The molecule has 0 saturated carbocycles. The highest BCUT2D eigenvalue weighted by Gasteiger charge is 2.08. The van der Waals surface area contributed by atoms with E-state index < -0.39 is 4.92 Å². The van der Waals surface area contributed by atoms with Crippen molar-refractivity contribution in [3.63, 3.8) is 0 Å². The Kier molecular flexibility index (Phi) is 5.99. The van der Waals surface area contributed by atoms with Gasteiger partial charge in [0.25, 0.3) is 5.69 Å². The molecule has 0 unspecified atom stereocenters. The first kappa shape index (κ1) is 16.8. The van der Waals surface area contributed by atoms with Gasteiger partial charge < -0.3 is 10.1 Å². The Morgan fingerprint density at radius 2 is 1.91 bits per heavy atom. The molecule has 0 spiro atoms. The van der Waals surface area contributed by atoms with Crippen molar-refractivity contribution >= 4 is 29.0 Å². The maximum absolute atomic E-state index is 11.9. The highest BCUT2D eigenvalue weighted by atomic mass is 32.2. The van der Waals surface area contributed by atoms with Crippen molar-refractivity contribution in [3.05, 3.63) is 58.6 Å². The van der Waals surface area contributed by atoms with Gasteiger partial charge in [0.05, 0.1) is 17.7 Å². The van der Waals surface area contributed by atoms with Crippen LogP contribution in [-0.2, 0) is 4.79 Å². The normalized spacial score (nSPS) is 10.1. The molecule has 0 aromatic heterocycles. The van der Waals surface area contributed by atoms with E-state index in [9.17, 15) is 14.9 Å². The number of hydrogen-bond donors (Lipinski definition) is 1. The lowest BCUT2D eigenvalue weighted by atomic mass is 10.3. The summed E-state index contributed by atoms with van der Waals surface area (Å²) < 4.78 is 5.18. The van der Waals surface area contributed by atoms with Gasteiger partial charge in [0.1, 0.15) is 5.75 Å². The molecule has 0 saturated heterocycles. The van der Waals surface area contributed by atoms with E-state index in [0.29, 0.717) is 23.6 Å². The van der Waals surface area contributed by atoms with Gasteiger partial charge in [0.15, 0.2) is 0 Å². The fraction of sp³-hybridized carbons (Fsp3) is 0.188. The molecule has 0 aliphatic heterocycles. The van der Waals surface area contributed by atoms with Crippen molar-refractivity contribution < 1.29 is 14.5 Å². The van der Waals surface area contributed by atoms with Crippen LogP contribution in [0.3, 0.4) is 0 Å². The van der Waals surface area contributed by atoms with Crippen LogP contribution >= 0.6 is 11.8 Å². The lowest BCUT2D eigenvalue weighted by Gasteiger charge is -2.09. The number of carbonyl (C=O) groups excluding carboxylic acids is 1. The number of ether oxygens (including phenoxy) is 1. The Labute approximate surface area is 138 Å². The van der Waals surface area contributed by atoms with Gasteiger partial charge in [0.2, 0.25) is 5.91 Å². The van der Waals surface area contributed by atoms with Gasteiger partial charge in [-0.2, -0.15) is 0 Å². The van der Waals surface area contributed by atoms with Crippen LogP contribution in [0.15, 0.2) is 53.4 Å². The fourth-order valence-corrected chi connectivity index (χ4v) is 2.74. The molecule has 2 aromatic carbocycles. The van der Waals surface area contributed by atoms with Crippen LogP contribution < -0.4 is 10.1 Å². The molecule has 0 heterocycles. The third-order valence-corrected chi connectivity index (χ3v) is 4.04. The summed E-state index contributed by atoms with van der Waals surface area (Å²) in [6.07, 6.45) is 0.333. The van der Waals surface area contributed by atoms with Crippen LogP contribution in [0.25, 0.3) is 0 Å². The average Bonchev–Trinajstić information content (AvgIpc) is 2.56. The standard InChI is InChI=1S/C16H16N2O4S/c1-22-15-5-3-2-4-14(15)17-16(19)10-11-23-13-8-6-12(7-9-13)18(20)21/h2-9H,10-11H2,1H3,(H,17,19). The molecule has 0 radical (unpaired) electrons. The number of non-ortho nitro benzene ring substituents is 1. The van der Waals surface area contributed by atoms with E-state index in [2.05, 4.69) is 5.32 Å². The Morgan fingerprint density at radius 1 is 1.22 bits per heavy atom. The molecule has 0 aliphatic rings. The van der Waals surface area contributed by atoms with Crippen LogP contribution in [-0.4, -0.2) is 23.7 Å². The van der Waals surface area contributed by atoms with Gasteiger partial charge in [-0.15, -0.1) is 11.8 Å². The second-order valence-corrected chi connectivity index (χ2v) is 5.77. The maximum Gasteiger partial charge on any atom is 0.269 e. The molecule has 0 aliphatic carbocycles. The number of methoxy groups -OCH3 is 1. The fourth-order valence-electron chi connectivity index (χ4n) is 1.89. The number of anilines is 1. The van der Waals surface area contributed by atoms with Crippen molar-refractivity contribution in [1.82, 2.24) is 0 Å². The number of nitrogens with one attached hydrogen (secondary N) is 1. The van der Waals surface area contributed by atoms with Gasteiger partial charge in [-0.25, -0.2) is 0 Å². The van der Waals surface area contributed by atoms with E-state index in [0.717, 1.165) is 4.90 Å². The zero-order valence-electron chi connectivity index (χ0n) is 12.5. The van der Waals surface area contributed by atoms with E-state index >= 15 is 0 Å². The van der Waals surface area contributed by atoms with Crippen molar-refractivity contribution in [1.29, 1.82) is 0 Å². The summed E-state index contributed by atoms with van der Waals surface area (Å²) in [5.41, 5.74) is 0.698. The van der Waals surface area contributed by atoms with Gasteiger partial charge in [-0.1, -0.05) is 12.1 Å². The summed E-state index contributed by atoms with van der Waals surface area (Å²) in [4.78, 5) is 23.0. The quantitative estimate of drug-likeness (QED) is 0.475. The largest absolute Gasteiger partial charge is 0.495 e. The molecule has 2 aromatic rings. The minimum Gasteiger partial charge on any atom is -0.495 e. The van der Waals surface area contributed by atoms with Crippen LogP contribution in [0.4, 0.5) is 11.4 Å². The van der Waals surface area contributed by atoms with Crippen LogP contribution in [0.1, 0.15) is 6.42 Å².